The van der Waals surface area contributed by atoms with Gasteiger partial charge in [-0.05, 0) is 57.5 Å². The first-order valence-electron chi connectivity index (χ1n) is 11.5. The largest absolute Gasteiger partial charge is 0.339 e. The Hall–Kier alpha value is -3.14. The van der Waals surface area contributed by atoms with Crippen LogP contribution >= 0.6 is 0 Å². The van der Waals surface area contributed by atoms with Gasteiger partial charge in [0.2, 0.25) is 5.91 Å². The normalized spacial score (nSPS) is 19.4. The SMILES string of the molecule is Cc1ccccc1C1(c2noc(-c3cc(C(F)F)n(CC(=O)N4CC[C@H](N(C)C)C4)n3)n2)CC1. The van der Waals surface area contributed by atoms with Crippen LogP contribution in [0.3, 0.4) is 0 Å². The van der Waals surface area contributed by atoms with Crippen molar-refractivity contribution in [3.05, 3.63) is 53.0 Å². The lowest BCUT2D eigenvalue weighted by Gasteiger charge is -2.20. The molecule has 1 amide bonds. The molecular formula is C24H28F2N6O2. The van der Waals surface area contributed by atoms with Crippen LogP contribution in [0.15, 0.2) is 34.9 Å². The van der Waals surface area contributed by atoms with Crippen LogP contribution in [0.1, 0.15) is 48.3 Å². The lowest BCUT2D eigenvalue weighted by Crippen LogP contribution is -2.36. The minimum absolute atomic E-state index is 0.0804. The maximum absolute atomic E-state index is 13.8. The number of carbonyl (C=O) groups is 1. The third-order valence-electron chi connectivity index (χ3n) is 7.05. The number of aryl methyl sites for hydroxylation is 1. The Kier molecular flexibility index (Phi) is 5.71. The molecule has 1 aromatic carbocycles. The lowest BCUT2D eigenvalue weighted by atomic mass is 9.91. The van der Waals surface area contributed by atoms with E-state index in [2.05, 4.69) is 26.2 Å². The Balaban J connectivity index is 1.38. The number of halogens is 2. The number of carbonyl (C=O) groups excluding carboxylic acids is 1. The molecule has 10 heteroatoms. The highest BCUT2D eigenvalue weighted by atomic mass is 19.3. The van der Waals surface area contributed by atoms with Gasteiger partial charge >= 0.3 is 0 Å². The number of alkyl halides is 2. The van der Waals surface area contributed by atoms with E-state index in [9.17, 15) is 13.6 Å². The number of likely N-dealkylation sites (N-methyl/N-ethyl adjacent to an activating group) is 1. The van der Waals surface area contributed by atoms with Crippen molar-refractivity contribution < 1.29 is 18.1 Å². The van der Waals surface area contributed by atoms with E-state index in [0.29, 0.717) is 18.9 Å². The second kappa shape index (κ2) is 8.57. The van der Waals surface area contributed by atoms with Crippen molar-refractivity contribution in [3.8, 4) is 11.6 Å². The standard InChI is InChI=1S/C24H28F2N6O2/c1-15-6-4-5-7-17(15)24(9-10-24)23-27-22(34-29-23)18-12-19(21(25)26)32(28-18)14-20(33)31-11-8-16(13-31)30(2)3/h4-7,12,16,21H,8-11,13-14H2,1-3H3/t16-/m0/s1. The molecule has 3 aromatic rings. The number of aromatic nitrogens is 4. The van der Waals surface area contributed by atoms with Gasteiger partial charge in [0.1, 0.15) is 12.2 Å². The summed E-state index contributed by atoms with van der Waals surface area (Å²) in [7, 11) is 3.94. The molecular weight excluding hydrogens is 442 g/mol. The molecule has 34 heavy (non-hydrogen) atoms. The van der Waals surface area contributed by atoms with Crippen molar-refractivity contribution in [1.29, 1.82) is 0 Å². The first kappa shape index (κ1) is 22.6. The maximum atomic E-state index is 13.8. The Morgan fingerprint density at radius 2 is 2.06 bits per heavy atom. The number of hydrogen-bond acceptors (Lipinski definition) is 6. The van der Waals surface area contributed by atoms with Crippen LogP contribution in [0.2, 0.25) is 0 Å². The minimum Gasteiger partial charge on any atom is -0.339 e. The highest BCUT2D eigenvalue weighted by molar-refractivity contribution is 5.76. The lowest BCUT2D eigenvalue weighted by molar-refractivity contribution is -0.131. The molecule has 1 saturated carbocycles. The Labute approximate surface area is 196 Å². The highest BCUT2D eigenvalue weighted by Crippen LogP contribution is 2.53. The second-order valence-electron chi connectivity index (χ2n) is 9.48. The molecule has 1 saturated heterocycles. The molecule has 1 aliphatic carbocycles. The van der Waals surface area contributed by atoms with Gasteiger partial charge in [-0.15, -0.1) is 0 Å². The fourth-order valence-corrected chi connectivity index (χ4v) is 4.83. The van der Waals surface area contributed by atoms with Crippen LogP contribution in [-0.2, 0) is 16.8 Å². The van der Waals surface area contributed by atoms with E-state index in [4.69, 9.17) is 4.52 Å². The van der Waals surface area contributed by atoms with Crippen molar-refractivity contribution in [2.24, 2.45) is 0 Å². The van der Waals surface area contributed by atoms with Crippen LogP contribution in [0.25, 0.3) is 11.6 Å². The van der Waals surface area contributed by atoms with Gasteiger partial charge in [0.25, 0.3) is 12.3 Å². The van der Waals surface area contributed by atoms with E-state index in [1.54, 1.807) is 4.90 Å². The van der Waals surface area contributed by atoms with Gasteiger partial charge in [-0.3, -0.25) is 9.48 Å². The summed E-state index contributed by atoms with van der Waals surface area (Å²) in [5.74, 6) is 0.383. The van der Waals surface area contributed by atoms with Crippen molar-refractivity contribution in [2.45, 2.75) is 50.6 Å². The van der Waals surface area contributed by atoms with Crippen molar-refractivity contribution >= 4 is 5.91 Å². The first-order chi connectivity index (χ1) is 16.3. The second-order valence-corrected chi connectivity index (χ2v) is 9.48. The molecule has 0 radical (unpaired) electrons. The molecule has 0 spiro atoms. The average molecular weight is 471 g/mol. The van der Waals surface area contributed by atoms with Crippen LogP contribution in [-0.4, -0.2) is 68.9 Å². The van der Waals surface area contributed by atoms with E-state index in [1.165, 1.54) is 6.07 Å². The van der Waals surface area contributed by atoms with E-state index in [-0.39, 0.29) is 41.2 Å². The van der Waals surface area contributed by atoms with Crippen molar-refractivity contribution in [2.75, 3.05) is 27.2 Å². The van der Waals surface area contributed by atoms with E-state index >= 15 is 0 Å². The van der Waals surface area contributed by atoms with Crippen LogP contribution in [0, 0.1) is 6.92 Å². The molecule has 3 heterocycles. The third-order valence-corrected chi connectivity index (χ3v) is 7.05. The number of likely N-dealkylation sites (tertiary alicyclic amines) is 1. The predicted octanol–water partition coefficient (Wildman–Crippen LogP) is 3.42. The summed E-state index contributed by atoms with van der Waals surface area (Å²) in [5, 5.41) is 8.43. The number of amides is 1. The molecule has 0 unspecified atom stereocenters. The predicted molar refractivity (Wildman–Crippen MR) is 120 cm³/mol. The topological polar surface area (TPSA) is 80.3 Å². The number of benzene rings is 1. The van der Waals surface area contributed by atoms with Crippen LogP contribution < -0.4 is 0 Å². The van der Waals surface area contributed by atoms with Gasteiger partial charge in [0.15, 0.2) is 11.5 Å². The van der Waals surface area contributed by atoms with Crippen LogP contribution in [0.5, 0.6) is 0 Å². The monoisotopic (exact) mass is 470 g/mol. The van der Waals surface area contributed by atoms with Crippen molar-refractivity contribution in [3.63, 3.8) is 0 Å². The van der Waals surface area contributed by atoms with Crippen molar-refractivity contribution in [1.82, 2.24) is 29.7 Å². The first-order valence-corrected chi connectivity index (χ1v) is 11.5. The number of hydrogen-bond donors (Lipinski definition) is 0. The number of rotatable bonds is 7. The van der Waals surface area contributed by atoms with Gasteiger partial charge in [0.05, 0.1) is 5.41 Å². The summed E-state index contributed by atoms with van der Waals surface area (Å²) < 4.78 is 34.0. The molecule has 0 N–H and O–H groups in total. The molecule has 1 atom stereocenters. The Morgan fingerprint density at radius 1 is 1.29 bits per heavy atom. The molecule has 2 aromatic heterocycles. The summed E-state index contributed by atoms with van der Waals surface area (Å²) >= 11 is 0. The maximum Gasteiger partial charge on any atom is 0.280 e. The highest BCUT2D eigenvalue weighted by Gasteiger charge is 2.50. The zero-order valence-corrected chi connectivity index (χ0v) is 19.5. The quantitative estimate of drug-likeness (QED) is 0.527. The van der Waals surface area contributed by atoms with Gasteiger partial charge in [-0.1, -0.05) is 29.4 Å². The fraction of sp³-hybridized carbons (Fsp3) is 0.500. The molecule has 0 bridgehead atoms. The van der Waals surface area contributed by atoms with Gasteiger partial charge in [0, 0.05) is 19.1 Å². The third kappa shape index (κ3) is 4.00. The Morgan fingerprint density at radius 3 is 2.71 bits per heavy atom. The smallest absolute Gasteiger partial charge is 0.280 e. The summed E-state index contributed by atoms with van der Waals surface area (Å²) in [6, 6.07) is 9.58. The Bertz CT molecular complexity index is 1200. The molecule has 5 rings (SSSR count). The van der Waals surface area contributed by atoms with E-state index < -0.39 is 6.43 Å². The fourth-order valence-electron chi connectivity index (χ4n) is 4.83. The van der Waals surface area contributed by atoms with E-state index in [0.717, 1.165) is 35.1 Å². The van der Waals surface area contributed by atoms with Gasteiger partial charge < -0.3 is 14.3 Å². The molecule has 2 fully saturated rings. The van der Waals surface area contributed by atoms with E-state index in [1.807, 2.05) is 39.2 Å². The van der Waals surface area contributed by atoms with Crippen LogP contribution in [0.4, 0.5) is 8.78 Å². The molecule has 1 aliphatic heterocycles. The molecule has 8 nitrogen and oxygen atoms in total. The number of nitrogens with zero attached hydrogens (tertiary/aromatic N) is 6. The average Bonchev–Trinajstić information content (AvgIpc) is 3.19. The zero-order valence-electron chi connectivity index (χ0n) is 19.5. The summed E-state index contributed by atoms with van der Waals surface area (Å²) in [5.41, 5.74) is 1.79. The molecule has 180 valence electrons. The summed E-state index contributed by atoms with van der Waals surface area (Å²) in [6.45, 7) is 2.98. The van der Waals surface area contributed by atoms with Gasteiger partial charge in [-0.2, -0.15) is 10.1 Å². The van der Waals surface area contributed by atoms with Gasteiger partial charge in [-0.25, -0.2) is 8.78 Å². The minimum atomic E-state index is -2.79. The summed E-state index contributed by atoms with van der Waals surface area (Å²) in [6.07, 6.45) is -0.137. The summed E-state index contributed by atoms with van der Waals surface area (Å²) in [4.78, 5) is 21.1. The molecule has 2 aliphatic rings. The zero-order chi connectivity index (χ0) is 24.0.